The van der Waals surface area contributed by atoms with E-state index in [1.165, 1.54) is 7.11 Å². The molecule has 1 rings (SSSR count). The largest absolute Gasteiger partial charge is 0.468 e. The average Bonchev–Trinajstić information content (AvgIpc) is 2.46. The van der Waals surface area contributed by atoms with Crippen molar-refractivity contribution in [3.05, 3.63) is 35.4 Å². The fraction of sp³-hybridized carbons (Fsp3) is 0.467. The highest BCUT2D eigenvalue weighted by Crippen LogP contribution is 2.17. The Labute approximate surface area is 131 Å². The van der Waals surface area contributed by atoms with Crippen LogP contribution in [0, 0.1) is 6.92 Å². The molecule has 1 amide bonds. The van der Waals surface area contributed by atoms with E-state index in [0.717, 1.165) is 11.1 Å². The van der Waals surface area contributed by atoms with Crippen molar-refractivity contribution >= 4 is 24.3 Å². The van der Waals surface area contributed by atoms with Gasteiger partial charge in [-0.15, -0.1) is 12.4 Å². The molecule has 6 heteroatoms. The monoisotopic (exact) mass is 314 g/mol. The highest BCUT2D eigenvalue weighted by atomic mass is 35.5. The Morgan fingerprint density at radius 3 is 2.38 bits per heavy atom. The predicted molar refractivity (Wildman–Crippen MR) is 84.7 cm³/mol. The molecule has 0 fully saturated rings. The first-order valence-corrected chi connectivity index (χ1v) is 6.64. The normalized spacial score (nSPS) is 11.2. The van der Waals surface area contributed by atoms with Crippen molar-refractivity contribution in [2.45, 2.75) is 19.3 Å². The molecule has 0 spiro atoms. The van der Waals surface area contributed by atoms with Crippen molar-refractivity contribution in [2.24, 2.45) is 0 Å². The second-order valence-electron chi connectivity index (χ2n) is 4.64. The third-order valence-corrected chi connectivity index (χ3v) is 3.07. The van der Waals surface area contributed by atoms with Gasteiger partial charge in [0, 0.05) is 19.5 Å². The van der Waals surface area contributed by atoms with Gasteiger partial charge in [-0.2, -0.15) is 0 Å². The molecule has 0 radical (unpaired) electrons. The van der Waals surface area contributed by atoms with Crippen LogP contribution in [0.5, 0.6) is 0 Å². The number of carbonyl (C=O) groups is 2. The topological polar surface area (TPSA) is 67.4 Å². The Hall–Kier alpha value is -1.59. The first-order chi connectivity index (χ1) is 9.58. The molecule has 0 aromatic heterocycles. The highest BCUT2D eigenvalue weighted by molar-refractivity contribution is 5.85. The predicted octanol–water partition coefficient (Wildman–Crippen LogP) is 1.40. The van der Waals surface area contributed by atoms with Crippen LogP contribution in [-0.2, 0) is 14.3 Å². The number of aryl methyl sites for hydroxylation is 1. The lowest BCUT2D eigenvalue weighted by Crippen LogP contribution is -2.33. The van der Waals surface area contributed by atoms with Gasteiger partial charge >= 0.3 is 5.97 Å². The Kier molecular flexibility index (Phi) is 9.41. The van der Waals surface area contributed by atoms with Gasteiger partial charge in [-0.25, -0.2) is 0 Å². The fourth-order valence-electron chi connectivity index (χ4n) is 1.82. The zero-order chi connectivity index (χ0) is 15.0. The molecule has 0 saturated heterocycles. The van der Waals surface area contributed by atoms with Gasteiger partial charge in [0.05, 0.1) is 13.0 Å². The van der Waals surface area contributed by atoms with Gasteiger partial charge in [-0.1, -0.05) is 29.8 Å². The lowest BCUT2D eigenvalue weighted by atomic mass is 9.98. The third-order valence-electron chi connectivity index (χ3n) is 3.07. The average molecular weight is 315 g/mol. The summed E-state index contributed by atoms with van der Waals surface area (Å²) >= 11 is 0. The molecule has 2 N–H and O–H groups in total. The molecule has 21 heavy (non-hydrogen) atoms. The summed E-state index contributed by atoms with van der Waals surface area (Å²) in [6, 6.07) is 7.65. The van der Waals surface area contributed by atoms with Gasteiger partial charge < -0.3 is 15.4 Å². The molecule has 1 aromatic rings. The summed E-state index contributed by atoms with van der Waals surface area (Å²) in [5.74, 6) is -0.901. The molecule has 1 atom stereocenters. The summed E-state index contributed by atoms with van der Waals surface area (Å²) in [6.07, 6.45) is 0.387. The van der Waals surface area contributed by atoms with Crippen LogP contribution in [0.1, 0.15) is 23.5 Å². The molecule has 0 aliphatic heterocycles. The smallest absolute Gasteiger partial charge is 0.314 e. The maximum Gasteiger partial charge on any atom is 0.314 e. The number of nitrogens with one attached hydrogen (secondary N) is 2. The van der Waals surface area contributed by atoms with Crippen LogP contribution in [0.4, 0.5) is 0 Å². The van der Waals surface area contributed by atoms with Crippen molar-refractivity contribution in [1.29, 1.82) is 0 Å². The van der Waals surface area contributed by atoms with Crippen LogP contribution < -0.4 is 10.6 Å². The van der Waals surface area contributed by atoms with Gasteiger partial charge in [0.15, 0.2) is 0 Å². The zero-order valence-electron chi connectivity index (χ0n) is 12.6. The van der Waals surface area contributed by atoms with Crippen LogP contribution in [0.25, 0.3) is 0 Å². The number of amides is 1. The minimum atomic E-state index is -0.473. The van der Waals surface area contributed by atoms with Crippen LogP contribution >= 0.6 is 12.4 Å². The molecule has 118 valence electrons. The van der Waals surface area contributed by atoms with Crippen molar-refractivity contribution in [1.82, 2.24) is 10.6 Å². The van der Waals surface area contributed by atoms with E-state index in [1.54, 1.807) is 7.05 Å². The first kappa shape index (κ1) is 19.4. The summed E-state index contributed by atoms with van der Waals surface area (Å²) in [7, 11) is 3.14. The SMILES string of the molecule is CNCCC(=O)NCC(C(=O)OC)c1ccc(C)cc1.Cl. The number of esters is 1. The van der Waals surface area contributed by atoms with Gasteiger partial charge in [0.25, 0.3) is 0 Å². The standard InChI is InChI=1S/C15H22N2O3.ClH/c1-11-4-6-12(7-5-11)13(15(19)20-3)10-17-14(18)8-9-16-2;/h4-7,13,16H,8-10H2,1-3H3,(H,17,18);1H. The van der Waals surface area contributed by atoms with Crippen molar-refractivity contribution in [3.63, 3.8) is 0 Å². The van der Waals surface area contributed by atoms with Crippen molar-refractivity contribution < 1.29 is 14.3 Å². The van der Waals surface area contributed by atoms with E-state index in [1.807, 2.05) is 31.2 Å². The molecule has 0 aliphatic carbocycles. The Morgan fingerprint density at radius 1 is 1.24 bits per heavy atom. The lowest BCUT2D eigenvalue weighted by Gasteiger charge is -2.16. The quantitative estimate of drug-likeness (QED) is 0.747. The minimum Gasteiger partial charge on any atom is -0.468 e. The number of halogens is 1. The molecule has 0 bridgehead atoms. The van der Waals surface area contributed by atoms with Crippen molar-refractivity contribution in [2.75, 3.05) is 27.2 Å². The molecule has 1 aromatic carbocycles. The highest BCUT2D eigenvalue weighted by Gasteiger charge is 2.21. The van der Waals surface area contributed by atoms with E-state index < -0.39 is 5.92 Å². The molecule has 0 saturated carbocycles. The van der Waals surface area contributed by atoms with Gasteiger partial charge in [-0.3, -0.25) is 9.59 Å². The van der Waals surface area contributed by atoms with Crippen LogP contribution in [-0.4, -0.2) is 39.1 Å². The molecule has 0 aliphatic rings. The minimum absolute atomic E-state index is 0. The Bertz CT molecular complexity index is 449. The fourth-order valence-corrected chi connectivity index (χ4v) is 1.82. The van der Waals surface area contributed by atoms with E-state index in [4.69, 9.17) is 4.74 Å². The first-order valence-electron chi connectivity index (χ1n) is 6.64. The van der Waals surface area contributed by atoms with Crippen molar-refractivity contribution in [3.8, 4) is 0 Å². The second-order valence-corrected chi connectivity index (χ2v) is 4.64. The zero-order valence-corrected chi connectivity index (χ0v) is 13.5. The number of hydrogen-bond donors (Lipinski definition) is 2. The van der Waals surface area contributed by atoms with Crippen LogP contribution in [0.2, 0.25) is 0 Å². The number of rotatable bonds is 7. The maximum atomic E-state index is 11.8. The summed E-state index contributed by atoms with van der Waals surface area (Å²) in [5, 5.41) is 5.67. The van der Waals surface area contributed by atoms with E-state index >= 15 is 0 Å². The van der Waals surface area contributed by atoms with E-state index in [2.05, 4.69) is 10.6 Å². The lowest BCUT2D eigenvalue weighted by molar-refractivity contribution is -0.142. The molecule has 1 unspecified atom stereocenters. The second kappa shape index (κ2) is 10.2. The van der Waals surface area contributed by atoms with Crippen LogP contribution in [0.15, 0.2) is 24.3 Å². The Balaban J connectivity index is 0.00000400. The van der Waals surface area contributed by atoms with Gasteiger partial charge in [0.2, 0.25) is 5.91 Å². The molecule has 5 nitrogen and oxygen atoms in total. The van der Waals surface area contributed by atoms with Gasteiger partial charge in [-0.05, 0) is 19.5 Å². The van der Waals surface area contributed by atoms with E-state index in [9.17, 15) is 9.59 Å². The number of ether oxygens (including phenoxy) is 1. The Morgan fingerprint density at radius 2 is 1.86 bits per heavy atom. The number of hydrogen-bond acceptors (Lipinski definition) is 4. The number of methoxy groups -OCH3 is 1. The van der Waals surface area contributed by atoms with Crippen LogP contribution in [0.3, 0.4) is 0 Å². The summed E-state index contributed by atoms with van der Waals surface area (Å²) in [6.45, 7) is 2.84. The van der Waals surface area contributed by atoms with E-state index in [0.29, 0.717) is 13.0 Å². The summed E-state index contributed by atoms with van der Waals surface area (Å²) < 4.78 is 4.81. The van der Waals surface area contributed by atoms with Gasteiger partial charge in [0.1, 0.15) is 0 Å². The van der Waals surface area contributed by atoms with E-state index in [-0.39, 0.29) is 30.8 Å². The molecule has 0 heterocycles. The molecular formula is C15H23ClN2O3. The maximum absolute atomic E-state index is 11.8. The number of benzene rings is 1. The number of carbonyl (C=O) groups excluding carboxylic acids is 2. The summed E-state index contributed by atoms with van der Waals surface area (Å²) in [5.41, 5.74) is 1.96. The molecular weight excluding hydrogens is 292 g/mol. The summed E-state index contributed by atoms with van der Waals surface area (Å²) in [4.78, 5) is 23.4. The third kappa shape index (κ3) is 6.60.